The largest absolute Gasteiger partial charge is 0.378 e. The zero-order valence-corrected chi connectivity index (χ0v) is 13.5. The number of hydrogen-bond donors (Lipinski definition) is 1. The summed E-state index contributed by atoms with van der Waals surface area (Å²) >= 11 is 6.33. The highest BCUT2D eigenvalue weighted by atomic mass is 35.5. The normalized spacial score (nSPS) is 21.4. The van der Waals surface area contributed by atoms with Crippen LogP contribution in [0.4, 0.5) is 0 Å². The molecule has 1 aromatic heterocycles. The van der Waals surface area contributed by atoms with Crippen LogP contribution < -0.4 is 5.32 Å². The van der Waals surface area contributed by atoms with Crippen molar-refractivity contribution in [3.05, 3.63) is 16.9 Å². The Morgan fingerprint density at radius 3 is 2.90 bits per heavy atom. The topological polar surface area (TPSA) is 39.1 Å². The second-order valence-electron chi connectivity index (χ2n) is 5.82. The third-order valence-electron chi connectivity index (χ3n) is 4.01. The van der Waals surface area contributed by atoms with Crippen LogP contribution in [0.3, 0.4) is 0 Å². The quantitative estimate of drug-likeness (QED) is 0.870. The number of aromatic nitrogens is 2. The van der Waals surface area contributed by atoms with Gasteiger partial charge in [-0.1, -0.05) is 11.6 Å². The van der Waals surface area contributed by atoms with Crippen LogP contribution in [0.15, 0.2) is 6.20 Å². The van der Waals surface area contributed by atoms with Crippen molar-refractivity contribution < 1.29 is 4.74 Å². The first-order valence-corrected chi connectivity index (χ1v) is 8.03. The lowest BCUT2D eigenvalue weighted by Gasteiger charge is -2.26. The van der Waals surface area contributed by atoms with Gasteiger partial charge in [0.2, 0.25) is 0 Å². The Morgan fingerprint density at radius 1 is 1.50 bits per heavy atom. The van der Waals surface area contributed by atoms with Crippen LogP contribution in [0, 0.1) is 0 Å². The van der Waals surface area contributed by atoms with Crippen LogP contribution in [0.25, 0.3) is 0 Å². The van der Waals surface area contributed by atoms with Gasteiger partial charge in [0.15, 0.2) is 0 Å². The van der Waals surface area contributed by atoms with Gasteiger partial charge in [0.1, 0.15) is 0 Å². The lowest BCUT2D eigenvalue weighted by Crippen LogP contribution is -2.25. The highest BCUT2D eigenvalue weighted by Gasteiger charge is 2.22. The predicted octanol–water partition coefficient (Wildman–Crippen LogP) is 3.73. The third kappa shape index (κ3) is 3.74. The Hall–Kier alpha value is -0.580. The lowest BCUT2D eigenvalue weighted by molar-refractivity contribution is 0.00851. The number of ether oxygens (including phenoxy) is 1. The molecule has 2 rings (SSSR count). The van der Waals surface area contributed by atoms with Gasteiger partial charge in [-0.15, -0.1) is 0 Å². The third-order valence-corrected chi connectivity index (χ3v) is 4.30. The van der Waals surface area contributed by atoms with E-state index in [0.29, 0.717) is 12.1 Å². The van der Waals surface area contributed by atoms with Gasteiger partial charge in [-0.3, -0.25) is 4.68 Å². The number of nitrogens with zero attached hydrogens (tertiary/aromatic N) is 2. The summed E-state index contributed by atoms with van der Waals surface area (Å²) in [5.74, 6) is 0. The first-order valence-electron chi connectivity index (χ1n) is 7.65. The van der Waals surface area contributed by atoms with Crippen LogP contribution in [-0.4, -0.2) is 29.5 Å². The monoisotopic (exact) mass is 299 g/mol. The van der Waals surface area contributed by atoms with E-state index in [1.807, 2.05) is 11.7 Å². The first kappa shape index (κ1) is 15.8. The molecular formula is C15H26ClN3O. The summed E-state index contributed by atoms with van der Waals surface area (Å²) in [6, 6.07) is 0.553. The van der Waals surface area contributed by atoms with E-state index in [1.54, 1.807) is 6.20 Å². The molecule has 0 radical (unpaired) electrons. The molecule has 0 aliphatic carbocycles. The molecule has 20 heavy (non-hydrogen) atoms. The lowest BCUT2D eigenvalue weighted by atomic mass is 10.00. The maximum atomic E-state index is 6.33. The minimum atomic E-state index is 0.234. The molecule has 0 aromatic carbocycles. The SMILES string of the molecule is CNC(CCC1CCCCO1)c1c(Cl)cnn1C(C)C. The molecule has 0 amide bonds. The summed E-state index contributed by atoms with van der Waals surface area (Å²) in [4.78, 5) is 0. The number of hydrogen-bond acceptors (Lipinski definition) is 3. The van der Waals surface area contributed by atoms with E-state index < -0.39 is 0 Å². The summed E-state index contributed by atoms with van der Waals surface area (Å²) in [5, 5.41) is 8.52. The van der Waals surface area contributed by atoms with E-state index in [1.165, 1.54) is 19.3 Å². The highest BCUT2D eigenvalue weighted by molar-refractivity contribution is 6.31. The summed E-state index contributed by atoms with van der Waals surface area (Å²) in [5.41, 5.74) is 1.10. The van der Waals surface area contributed by atoms with Crippen molar-refractivity contribution in [3.63, 3.8) is 0 Å². The molecule has 5 heteroatoms. The van der Waals surface area contributed by atoms with E-state index in [4.69, 9.17) is 16.3 Å². The maximum absolute atomic E-state index is 6.33. The summed E-state index contributed by atoms with van der Waals surface area (Å²) in [6.45, 7) is 5.17. The molecular weight excluding hydrogens is 274 g/mol. The fraction of sp³-hybridized carbons (Fsp3) is 0.800. The molecule has 2 heterocycles. The summed E-state index contributed by atoms with van der Waals surface area (Å²) < 4.78 is 7.83. The van der Waals surface area contributed by atoms with E-state index >= 15 is 0 Å². The molecule has 1 fully saturated rings. The van der Waals surface area contributed by atoms with E-state index in [9.17, 15) is 0 Å². The zero-order valence-electron chi connectivity index (χ0n) is 12.7. The zero-order chi connectivity index (χ0) is 14.5. The molecule has 114 valence electrons. The molecule has 1 aliphatic rings. The number of halogens is 1. The maximum Gasteiger partial charge on any atom is 0.0834 e. The van der Waals surface area contributed by atoms with Crippen LogP contribution in [0.1, 0.15) is 63.7 Å². The number of rotatable bonds is 6. The fourth-order valence-electron chi connectivity index (χ4n) is 2.89. The minimum absolute atomic E-state index is 0.234. The predicted molar refractivity (Wildman–Crippen MR) is 82.2 cm³/mol. The van der Waals surface area contributed by atoms with Crippen LogP contribution in [0.5, 0.6) is 0 Å². The Bertz CT molecular complexity index is 413. The molecule has 1 aliphatic heterocycles. The molecule has 1 N–H and O–H groups in total. The molecule has 4 nitrogen and oxygen atoms in total. The van der Waals surface area contributed by atoms with Crippen LogP contribution in [-0.2, 0) is 4.74 Å². The highest BCUT2D eigenvalue weighted by Crippen LogP contribution is 2.29. The molecule has 1 aromatic rings. The molecule has 0 bridgehead atoms. The van der Waals surface area contributed by atoms with Crippen LogP contribution >= 0.6 is 11.6 Å². The second-order valence-corrected chi connectivity index (χ2v) is 6.23. The Morgan fingerprint density at radius 2 is 2.30 bits per heavy atom. The molecule has 1 saturated heterocycles. The van der Waals surface area contributed by atoms with Gasteiger partial charge in [-0.25, -0.2) is 0 Å². The average Bonchev–Trinajstić information content (AvgIpc) is 2.83. The standard InChI is InChI=1S/C15H26ClN3O/c1-11(2)19-15(13(16)10-18-19)14(17-3)8-7-12-6-4-5-9-20-12/h10-12,14,17H,4-9H2,1-3H3. The first-order chi connectivity index (χ1) is 9.63. The second kappa shape index (κ2) is 7.43. The minimum Gasteiger partial charge on any atom is -0.378 e. The Labute approximate surface area is 126 Å². The van der Waals surface area contributed by atoms with Crippen molar-refractivity contribution >= 4 is 11.6 Å². The van der Waals surface area contributed by atoms with Gasteiger partial charge in [0, 0.05) is 12.6 Å². The van der Waals surface area contributed by atoms with E-state index in [0.717, 1.165) is 30.2 Å². The molecule has 0 spiro atoms. The van der Waals surface area contributed by atoms with Gasteiger partial charge in [0.25, 0.3) is 0 Å². The van der Waals surface area contributed by atoms with Crippen molar-refractivity contribution in [1.82, 2.24) is 15.1 Å². The molecule has 2 unspecified atom stereocenters. The summed E-state index contributed by atoms with van der Waals surface area (Å²) in [6.07, 6.45) is 7.95. The number of nitrogens with one attached hydrogen (secondary N) is 1. The van der Waals surface area contributed by atoms with Gasteiger partial charge >= 0.3 is 0 Å². The van der Waals surface area contributed by atoms with Gasteiger partial charge in [-0.05, 0) is 53.0 Å². The van der Waals surface area contributed by atoms with Crippen molar-refractivity contribution in [2.24, 2.45) is 0 Å². The molecule has 2 atom stereocenters. The molecule has 0 saturated carbocycles. The van der Waals surface area contributed by atoms with Crippen molar-refractivity contribution in [2.75, 3.05) is 13.7 Å². The smallest absolute Gasteiger partial charge is 0.0834 e. The van der Waals surface area contributed by atoms with E-state index in [2.05, 4.69) is 24.3 Å². The van der Waals surface area contributed by atoms with Crippen molar-refractivity contribution in [3.8, 4) is 0 Å². The summed E-state index contributed by atoms with van der Waals surface area (Å²) in [7, 11) is 1.99. The van der Waals surface area contributed by atoms with Gasteiger partial charge < -0.3 is 10.1 Å². The average molecular weight is 300 g/mol. The van der Waals surface area contributed by atoms with Gasteiger partial charge in [0.05, 0.1) is 29.1 Å². The van der Waals surface area contributed by atoms with E-state index in [-0.39, 0.29) is 6.04 Å². The van der Waals surface area contributed by atoms with Crippen LogP contribution in [0.2, 0.25) is 5.02 Å². The van der Waals surface area contributed by atoms with Crippen molar-refractivity contribution in [2.45, 2.75) is 64.1 Å². The van der Waals surface area contributed by atoms with Gasteiger partial charge in [-0.2, -0.15) is 5.10 Å². The fourth-order valence-corrected chi connectivity index (χ4v) is 3.16. The Kier molecular flexibility index (Phi) is 5.87. The van der Waals surface area contributed by atoms with Crippen molar-refractivity contribution in [1.29, 1.82) is 0 Å². The Balaban J connectivity index is 2.02.